The van der Waals surface area contributed by atoms with Gasteiger partial charge in [0.2, 0.25) is 6.33 Å². The van der Waals surface area contributed by atoms with Crippen molar-refractivity contribution in [3.8, 4) is 16.9 Å². The van der Waals surface area contributed by atoms with Gasteiger partial charge in [-0.25, -0.2) is 0 Å². The van der Waals surface area contributed by atoms with Crippen LogP contribution < -0.4 is 4.57 Å². The fourth-order valence-electron chi connectivity index (χ4n) is 9.21. The summed E-state index contributed by atoms with van der Waals surface area (Å²) < 4.78 is 31.0. The van der Waals surface area contributed by atoms with E-state index in [-0.39, 0.29) is 37.4 Å². The molecule has 0 unspecified atom stereocenters. The maximum atomic E-state index is 9.85. The predicted octanol–water partition coefficient (Wildman–Crippen LogP) is 13.7. The van der Waals surface area contributed by atoms with Crippen molar-refractivity contribution in [1.82, 2.24) is 14.5 Å². The topological polar surface area (TPSA) is 47.7 Å². The first kappa shape index (κ1) is 40.0. The Labute approximate surface area is 375 Å². The zero-order chi connectivity index (χ0) is 43.5. The molecule has 5 nitrogen and oxygen atoms in total. The monoisotopic (exact) mass is 979 g/mol. The number of rotatable bonds is 6. The number of hydrogen-bond donors (Lipinski definition) is 0. The van der Waals surface area contributed by atoms with E-state index >= 15 is 0 Å². The summed E-state index contributed by atoms with van der Waals surface area (Å²) in [7, 11) is 0. The molecule has 0 saturated heterocycles. The van der Waals surface area contributed by atoms with Crippen molar-refractivity contribution in [3.63, 3.8) is 0 Å². The maximum Gasteiger partial charge on any atom is 0.243 e. The van der Waals surface area contributed by atoms with E-state index in [2.05, 4.69) is 164 Å². The van der Waals surface area contributed by atoms with Gasteiger partial charge in [0, 0.05) is 58.5 Å². The first-order valence-electron chi connectivity index (χ1n) is 22.9. The third kappa shape index (κ3) is 7.60. The van der Waals surface area contributed by atoms with E-state index in [0.717, 1.165) is 107 Å². The van der Waals surface area contributed by atoms with Crippen LogP contribution in [0.5, 0.6) is 0 Å². The second-order valence-corrected chi connectivity index (χ2v) is 20.9. The van der Waals surface area contributed by atoms with Crippen LogP contribution in [0.25, 0.3) is 49.9 Å². The second-order valence-electron chi connectivity index (χ2n) is 20.9. The molecule has 0 amide bonds. The smallest absolute Gasteiger partial charge is 0.243 e. The Kier molecular flexibility index (Phi) is 10.3. The summed E-state index contributed by atoms with van der Waals surface area (Å²) in [5.74, 6) is -1.66. The molecule has 0 atom stereocenters. The van der Waals surface area contributed by atoms with Crippen LogP contribution in [0.3, 0.4) is 0 Å². The number of fused-ring (bicyclic) bond motifs is 4. The third-order valence-electron chi connectivity index (χ3n) is 13.0. The molecule has 0 bridgehead atoms. The molecule has 2 aliphatic rings. The van der Waals surface area contributed by atoms with Crippen LogP contribution in [-0.2, 0) is 42.8 Å². The molecule has 316 valence electrons. The SMILES string of the molecule is [2H]C1(c2cc3c(oc4c(-n5[c-][n+](C(C)(C)C)c6ccccc65)[c-]c(C(C)(C)c5[c-]c(-c6cc(C(C)(C)C)ccn6)cc(C(C)(C)C)c5)cc43)c(C3([2H])CCCC3)n2)CCCC1.[Pt]. The molecule has 2 fully saturated rings. The van der Waals surface area contributed by atoms with Crippen LogP contribution in [0, 0.1) is 18.5 Å². The normalized spacial score (nSPS) is 17.6. The van der Waals surface area contributed by atoms with Gasteiger partial charge in [0.05, 0.1) is 22.3 Å². The molecule has 4 heterocycles. The average Bonchev–Trinajstić information content (AvgIpc) is 4.02. The predicted molar refractivity (Wildman–Crippen MR) is 242 cm³/mol. The molecule has 0 radical (unpaired) electrons. The number of furan rings is 1. The summed E-state index contributed by atoms with van der Waals surface area (Å²) in [4.78, 5) is 10.2. The minimum atomic E-state index is -0.873. The molecule has 9 rings (SSSR count). The van der Waals surface area contributed by atoms with E-state index < -0.39 is 17.2 Å². The fourth-order valence-corrected chi connectivity index (χ4v) is 9.21. The number of hydrogen-bond acceptors (Lipinski definition) is 3. The third-order valence-corrected chi connectivity index (χ3v) is 13.0. The van der Waals surface area contributed by atoms with Crippen LogP contribution in [0.4, 0.5) is 0 Å². The van der Waals surface area contributed by atoms with Gasteiger partial charge in [-0.1, -0.05) is 117 Å². The van der Waals surface area contributed by atoms with E-state index in [0.29, 0.717) is 16.9 Å². The van der Waals surface area contributed by atoms with Crippen LogP contribution in [0.2, 0.25) is 0 Å². The minimum Gasteiger partial charge on any atom is -0.520 e. The van der Waals surface area contributed by atoms with Crippen LogP contribution in [0.15, 0.2) is 71.3 Å². The summed E-state index contributed by atoms with van der Waals surface area (Å²) in [6, 6.07) is 29.6. The molecule has 2 saturated carbocycles. The van der Waals surface area contributed by atoms with Crippen LogP contribution >= 0.6 is 0 Å². The molecule has 0 N–H and O–H groups in total. The Morgan fingerprint density at radius 1 is 0.717 bits per heavy atom. The molecule has 0 aliphatic heterocycles. The van der Waals surface area contributed by atoms with Gasteiger partial charge in [-0.15, -0.1) is 34.9 Å². The first-order valence-corrected chi connectivity index (χ1v) is 21.9. The van der Waals surface area contributed by atoms with E-state index in [1.807, 2.05) is 6.20 Å². The quantitative estimate of drug-likeness (QED) is 0.123. The molecule has 60 heavy (non-hydrogen) atoms. The summed E-state index contributed by atoms with van der Waals surface area (Å²) >= 11 is 0. The summed E-state index contributed by atoms with van der Waals surface area (Å²) in [5.41, 5.74) is 11.0. The van der Waals surface area contributed by atoms with Gasteiger partial charge in [-0.05, 0) is 91.8 Å². The van der Waals surface area contributed by atoms with Gasteiger partial charge < -0.3 is 18.5 Å². The minimum absolute atomic E-state index is 0. The van der Waals surface area contributed by atoms with Crippen molar-refractivity contribution in [1.29, 1.82) is 0 Å². The zero-order valence-electron chi connectivity index (χ0n) is 39.5. The number of aromatic nitrogens is 4. The van der Waals surface area contributed by atoms with Gasteiger partial charge in [0.1, 0.15) is 5.58 Å². The Morgan fingerprint density at radius 2 is 1.35 bits per heavy atom. The van der Waals surface area contributed by atoms with Crippen molar-refractivity contribution in [2.24, 2.45) is 0 Å². The Hall–Kier alpha value is -4.08. The van der Waals surface area contributed by atoms with Crippen molar-refractivity contribution in [3.05, 3.63) is 119 Å². The zero-order valence-corrected chi connectivity index (χ0v) is 39.8. The molecule has 2 aliphatic carbocycles. The van der Waals surface area contributed by atoms with Crippen molar-refractivity contribution in [2.45, 2.75) is 161 Å². The number of benzene rings is 3. The second kappa shape index (κ2) is 15.4. The Balaban J connectivity index is 0.00000529. The molecular formula is C54H62N4OPt-2. The van der Waals surface area contributed by atoms with E-state index in [1.165, 1.54) is 11.1 Å². The maximum absolute atomic E-state index is 9.85. The van der Waals surface area contributed by atoms with E-state index in [4.69, 9.17) is 14.4 Å². The molecule has 3 aromatic carbocycles. The van der Waals surface area contributed by atoms with Gasteiger partial charge in [-0.3, -0.25) is 4.98 Å². The largest absolute Gasteiger partial charge is 0.520 e. The number of imidazole rings is 1. The summed E-state index contributed by atoms with van der Waals surface area (Å²) in [6.45, 7) is 24.7. The Bertz CT molecular complexity index is 2830. The van der Waals surface area contributed by atoms with E-state index in [9.17, 15) is 2.74 Å². The number of nitrogens with zero attached hydrogens (tertiary/aromatic N) is 4. The molecule has 6 heteroatoms. The Morgan fingerprint density at radius 3 is 2.02 bits per heavy atom. The molecule has 4 aromatic heterocycles. The number of para-hydroxylation sites is 2. The first-order chi connectivity index (χ1) is 28.6. The van der Waals surface area contributed by atoms with Crippen molar-refractivity contribution < 1.29 is 32.8 Å². The average molecular weight is 980 g/mol. The fraction of sp³-hybridized carbons (Fsp3) is 0.463. The van der Waals surface area contributed by atoms with Crippen LogP contribution in [-0.4, -0.2) is 14.5 Å². The van der Waals surface area contributed by atoms with Crippen LogP contribution in [0.1, 0.15) is 176 Å². The van der Waals surface area contributed by atoms with Gasteiger partial charge in [-0.2, -0.15) is 17.7 Å². The summed E-state index contributed by atoms with van der Waals surface area (Å²) in [5, 5.41) is 1.87. The molecular weight excluding hydrogens is 916 g/mol. The molecule has 7 aromatic rings. The van der Waals surface area contributed by atoms with Gasteiger partial charge in [0.25, 0.3) is 0 Å². The molecule has 0 spiro atoms. The van der Waals surface area contributed by atoms with Gasteiger partial charge >= 0.3 is 0 Å². The van der Waals surface area contributed by atoms with Crippen molar-refractivity contribution >= 4 is 33.0 Å². The van der Waals surface area contributed by atoms with E-state index in [1.54, 1.807) is 0 Å². The van der Waals surface area contributed by atoms with Gasteiger partial charge in [0.15, 0.2) is 0 Å². The number of pyridine rings is 2. The van der Waals surface area contributed by atoms with Crippen molar-refractivity contribution in [2.75, 3.05) is 0 Å². The standard InChI is InChI=1S/C54H62N4O.Pt/c1-51(2,3)37-24-25-55-43(30-37)36-26-38(52(4,5)6)28-39(27-36)54(10,11)40-29-41-42-32-44(34-18-12-13-19-34)56-48(35-20-14-15-21-35)50(42)59-49(41)47(31-40)57-33-58(53(7,8)9)46-23-17-16-22-45(46)57;/h16-17,22-26,28-30,32,34-35H,12-15,18-21H2,1-11H3;/q-2;/i34D,35D;. The summed E-state index contributed by atoms with van der Waals surface area (Å²) in [6.07, 6.45) is 12.7.